The number of aliphatic carboxylic acids is 1. The molecule has 15 heavy (non-hydrogen) atoms. The van der Waals surface area contributed by atoms with Crippen LogP contribution >= 0.6 is 11.3 Å². The first-order valence-corrected chi connectivity index (χ1v) is 5.85. The molecule has 0 aromatic carbocycles. The minimum absolute atomic E-state index is 0.695. The quantitative estimate of drug-likeness (QED) is 0.836. The van der Waals surface area contributed by atoms with Crippen molar-refractivity contribution in [1.29, 1.82) is 0 Å². The molecule has 5 heteroatoms. The van der Waals surface area contributed by atoms with Gasteiger partial charge >= 0.3 is 5.97 Å². The van der Waals surface area contributed by atoms with Gasteiger partial charge in [0, 0.05) is 11.9 Å². The summed E-state index contributed by atoms with van der Waals surface area (Å²) in [5, 5.41) is 12.0. The predicted octanol–water partition coefficient (Wildman–Crippen LogP) is 1.90. The third-order valence-corrected chi connectivity index (χ3v) is 3.92. The Labute approximate surface area is 92.6 Å². The van der Waals surface area contributed by atoms with Crippen molar-refractivity contribution in [3.63, 3.8) is 0 Å². The van der Waals surface area contributed by atoms with Gasteiger partial charge in [-0.1, -0.05) is 0 Å². The average molecular weight is 226 g/mol. The standard InChI is InChI=1S/C10H14N2O2S/c1-7-6-15-9(11-7)12-5-3-4-10(12,2)8(13)14/h6H,3-5H2,1-2H3,(H,13,14). The third-order valence-electron chi connectivity index (χ3n) is 2.94. The molecule has 0 radical (unpaired) electrons. The first kappa shape index (κ1) is 10.4. The zero-order valence-corrected chi connectivity index (χ0v) is 9.67. The average Bonchev–Trinajstić information content (AvgIpc) is 2.72. The van der Waals surface area contributed by atoms with E-state index in [0.717, 1.165) is 23.8 Å². The summed E-state index contributed by atoms with van der Waals surface area (Å²) in [6.07, 6.45) is 1.61. The van der Waals surface area contributed by atoms with Gasteiger partial charge in [0.1, 0.15) is 5.54 Å². The molecule has 0 aliphatic carbocycles. The molecule has 1 N–H and O–H groups in total. The second-order valence-corrected chi connectivity index (χ2v) is 4.94. The first-order chi connectivity index (χ1) is 7.04. The first-order valence-electron chi connectivity index (χ1n) is 4.97. The van der Waals surface area contributed by atoms with Crippen molar-refractivity contribution in [3.8, 4) is 0 Å². The van der Waals surface area contributed by atoms with Gasteiger partial charge in [0.15, 0.2) is 5.13 Å². The summed E-state index contributed by atoms with van der Waals surface area (Å²) in [4.78, 5) is 17.5. The second kappa shape index (κ2) is 3.48. The summed E-state index contributed by atoms with van der Waals surface area (Å²) >= 11 is 1.52. The van der Waals surface area contributed by atoms with Crippen molar-refractivity contribution in [3.05, 3.63) is 11.1 Å². The van der Waals surface area contributed by atoms with Crippen LogP contribution in [0.15, 0.2) is 5.38 Å². The van der Waals surface area contributed by atoms with Crippen LogP contribution in [-0.4, -0.2) is 28.1 Å². The van der Waals surface area contributed by atoms with Crippen molar-refractivity contribution in [2.24, 2.45) is 0 Å². The Bertz CT molecular complexity index is 391. The number of aryl methyl sites for hydroxylation is 1. The summed E-state index contributed by atoms with van der Waals surface area (Å²) < 4.78 is 0. The van der Waals surface area contributed by atoms with E-state index in [1.807, 2.05) is 17.2 Å². The van der Waals surface area contributed by atoms with Gasteiger partial charge in [0.2, 0.25) is 0 Å². The van der Waals surface area contributed by atoms with Crippen LogP contribution in [0.2, 0.25) is 0 Å². The molecule has 1 unspecified atom stereocenters. The van der Waals surface area contributed by atoms with E-state index in [2.05, 4.69) is 4.98 Å². The molecule has 2 heterocycles. The Morgan fingerprint density at radius 3 is 3.00 bits per heavy atom. The number of carbonyl (C=O) groups is 1. The monoisotopic (exact) mass is 226 g/mol. The van der Waals surface area contributed by atoms with Gasteiger partial charge < -0.3 is 10.0 Å². The van der Waals surface area contributed by atoms with Gasteiger partial charge in [-0.15, -0.1) is 11.3 Å². The van der Waals surface area contributed by atoms with E-state index in [4.69, 9.17) is 0 Å². The zero-order chi connectivity index (χ0) is 11.1. The lowest BCUT2D eigenvalue weighted by Crippen LogP contribution is -2.48. The van der Waals surface area contributed by atoms with Crippen LogP contribution in [0.1, 0.15) is 25.5 Å². The molecule has 1 atom stereocenters. The molecule has 2 rings (SSSR count). The maximum absolute atomic E-state index is 11.2. The highest BCUT2D eigenvalue weighted by Crippen LogP contribution is 2.35. The fourth-order valence-corrected chi connectivity index (χ4v) is 2.90. The van der Waals surface area contributed by atoms with Crippen molar-refractivity contribution < 1.29 is 9.90 Å². The van der Waals surface area contributed by atoms with Gasteiger partial charge in [0.05, 0.1) is 5.69 Å². The number of thiazole rings is 1. The smallest absolute Gasteiger partial charge is 0.329 e. The molecule has 1 aromatic rings. The minimum atomic E-state index is -0.774. The van der Waals surface area contributed by atoms with Crippen LogP contribution < -0.4 is 4.90 Å². The van der Waals surface area contributed by atoms with E-state index >= 15 is 0 Å². The van der Waals surface area contributed by atoms with Crippen molar-refractivity contribution >= 4 is 22.4 Å². The molecule has 0 saturated carbocycles. The maximum atomic E-state index is 11.2. The lowest BCUT2D eigenvalue weighted by atomic mass is 10.00. The molecule has 0 spiro atoms. The number of carboxylic acid groups (broad SMARTS) is 1. The van der Waals surface area contributed by atoms with E-state index in [1.54, 1.807) is 6.92 Å². The molecular weight excluding hydrogens is 212 g/mol. The van der Waals surface area contributed by atoms with Crippen LogP contribution in [0.5, 0.6) is 0 Å². The number of carboxylic acids is 1. The van der Waals surface area contributed by atoms with E-state index in [0.29, 0.717) is 6.42 Å². The molecule has 0 bridgehead atoms. The summed E-state index contributed by atoms with van der Waals surface area (Å²) in [6.45, 7) is 4.49. The SMILES string of the molecule is Cc1csc(N2CCCC2(C)C(=O)O)n1. The lowest BCUT2D eigenvalue weighted by Gasteiger charge is -2.30. The van der Waals surface area contributed by atoms with Crippen molar-refractivity contribution in [1.82, 2.24) is 4.98 Å². The van der Waals surface area contributed by atoms with Gasteiger partial charge in [0.25, 0.3) is 0 Å². The van der Waals surface area contributed by atoms with E-state index in [-0.39, 0.29) is 0 Å². The topological polar surface area (TPSA) is 53.4 Å². The predicted molar refractivity (Wildman–Crippen MR) is 59.5 cm³/mol. The number of rotatable bonds is 2. The Morgan fingerprint density at radius 1 is 1.73 bits per heavy atom. The highest BCUT2D eigenvalue weighted by Gasteiger charge is 2.44. The Morgan fingerprint density at radius 2 is 2.47 bits per heavy atom. The third kappa shape index (κ3) is 1.61. The molecule has 1 aromatic heterocycles. The number of hydrogen-bond donors (Lipinski definition) is 1. The van der Waals surface area contributed by atoms with E-state index in [9.17, 15) is 9.90 Å². The van der Waals surface area contributed by atoms with Gasteiger partial charge in [-0.05, 0) is 26.7 Å². The molecule has 0 amide bonds. The molecule has 1 aliphatic rings. The molecular formula is C10H14N2O2S. The summed E-state index contributed by atoms with van der Waals surface area (Å²) in [7, 11) is 0. The highest BCUT2D eigenvalue weighted by atomic mass is 32.1. The van der Waals surface area contributed by atoms with Crippen molar-refractivity contribution in [2.75, 3.05) is 11.4 Å². The molecule has 4 nitrogen and oxygen atoms in total. The molecule has 1 fully saturated rings. The number of anilines is 1. The van der Waals surface area contributed by atoms with Gasteiger partial charge in [-0.2, -0.15) is 0 Å². The zero-order valence-electron chi connectivity index (χ0n) is 8.86. The number of nitrogens with zero attached hydrogens (tertiary/aromatic N) is 2. The summed E-state index contributed by atoms with van der Waals surface area (Å²) in [5.74, 6) is -0.757. The molecule has 1 saturated heterocycles. The van der Waals surface area contributed by atoms with Gasteiger partial charge in [-0.3, -0.25) is 0 Å². The van der Waals surface area contributed by atoms with Crippen LogP contribution in [0.3, 0.4) is 0 Å². The Kier molecular flexibility index (Phi) is 2.42. The number of hydrogen-bond acceptors (Lipinski definition) is 4. The summed E-state index contributed by atoms with van der Waals surface area (Å²) in [5.41, 5.74) is 0.180. The maximum Gasteiger partial charge on any atom is 0.329 e. The van der Waals surface area contributed by atoms with E-state index in [1.165, 1.54) is 11.3 Å². The fraction of sp³-hybridized carbons (Fsp3) is 0.600. The van der Waals surface area contributed by atoms with Gasteiger partial charge in [-0.25, -0.2) is 9.78 Å². The summed E-state index contributed by atoms with van der Waals surface area (Å²) in [6, 6.07) is 0. The normalized spacial score (nSPS) is 25.9. The highest BCUT2D eigenvalue weighted by molar-refractivity contribution is 7.13. The Hall–Kier alpha value is -1.10. The largest absolute Gasteiger partial charge is 0.480 e. The lowest BCUT2D eigenvalue weighted by molar-refractivity contribution is -0.142. The Balaban J connectivity index is 2.33. The van der Waals surface area contributed by atoms with Crippen LogP contribution in [0, 0.1) is 6.92 Å². The molecule has 82 valence electrons. The second-order valence-electron chi connectivity index (χ2n) is 4.11. The minimum Gasteiger partial charge on any atom is -0.480 e. The number of aromatic nitrogens is 1. The van der Waals surface area contributed by atoms with Crippen LogP contribution in [0.4, 0.5) is 5.13 Å². The van der Waals surface area contributed by atoms with Crippen molar-refractivity contribution in [2.45, 2.75) is 32.2 Å². The molecule has 1 aliphatic heterocycles. The van der Waals surface area contributed by atoms with E-state index < -0.39 is 11.5 Å². The van der Waals surface area contributed by atoms with Crippen LogP contribution in [0.25, 0.3) is 0 Å². The van der Waals surface area contributed by atoms with Crippen LogP contribution in [-0.2, 0) is 4.79 Å². The fourth-order valence-electron chi connectivity index (χ4n) is 1.96.